The molecule has 1 aromatic carbocycles. The molecule has 108 valence electrons. The van der Waals surface area contributed by atoms with E-state index in [4.69, 9.17) is 10.5 Å². The quantitative estimate of drug-likeness (QED) is 0.796. The number of aromatic nitrogens is 2. The number of hydrogen-bond acceptors (Lipinski definition) is 3. The van der Waals surface area contributed by atoms with Gasteiger partial charge in [0.1, 0.15) is 22.9 Å². The SMILES string of the molecule is Cc1cccn2c(N)c(-c3ccc(OC(C)C)cc3)nc12. The molecule has 4 heteroatoms. The highest BCUT2D eigenvalue weighted by Gasteiger charge is 2.12. The first-order chi connectivity index (χ1) is 10.1. The third-order valence-corrected chi connectivity index (χ3v) is 3.38. The van der Waals surface area contributed by atoms with Crippen LogP contribution < -0.4 is 10.5 Å². The zero-order chi connectivity index (χ0) is 15.0. The highest BCUT2D eigenvalue weighted by molar-refractivity contribution is 5.76. The highest BCUT2D eigenvalue weighted by Crippen LogP contribution is 2.29. The third kappa shape index (κ3) is 2.44. The first-order valence-corrected chi connectivity index (χ1v) is 7.06. The summed E-state index contributed by atoms with van der Waals surface area (Å²) in [4.78, 5) is 4.67. The Hall–Kier alpha value is -2.49. The number of fused-ring (bicyclic) bond motifs is 1. The Bertz CT molecular complexity index is 773. The number of hydrogen-bond donors (Lipinski definition) is 1. The molecule has 21 heavy (non-hydrogen) atoms. The van der Waals surface area contributed by atoms with E-state index in [-0.39, 0.29) is 6.10 Å². The van der Waals surface area contributed by atoms with Crippen LogP contribution >= 0.6 is 0 Å². The molecule has 2 aromatic heterocycles. The Labute approximate surface area is 124 Å². The van der Waals surface area contributed by atoms with Crippen molar-refractivity contribution in [3.63, 3.8) is 0 Å². The number of aryl methyl sites for hydroxylation is 1. The molecule has 0 fully saturated rings. The van der Waals surface area contributed by atoms with Crippen molar-refractivity contribution in [3.05, 3.63) is 48.2 Å². The monoisotopic (exact) mass is 281 g/mol. The summed E-state index contributed by atoms with van der Waals surface area (Å²) in [6.07, 6.45) is 2.10. The molecule has 0 aliphatic heterocycles. The van der Waals surface area contributed by atoms with E-state index in [0.29, 0.717) is 5.82 Å². The van der Waals surface area contributed by atoms with Gasteiger partial charge in [-0.15, -0.1) is 0 Å². The van der Waals surface area contributed by atoms with E-state index in [9.17, 15) is 0 Å². The average Bonchev–Trinajstić information content (AvgIpc) is 2.78. The molecule has 0 spiro atoms. The molecular weight excluding hydrogens is 262 g/mol. The molecule has 4 nitrogen and oxygen atoms in total. The molecular formula is C17H19N3O. The van der Waals surface area contributed by atoms with E-state index >= 15 is 0 Å². The first kappa shape index (κ1) is 13.5. The number of pyridine rings is 1. The maximum atomic E-state index is 6.23. The van der Waals surface area contributed by atoms with Crippen LogP contribution in [0.2, 0.25) is 0 Å². The molecule has 0 radical (unpaired) electrons. The van der Waals surface area contributed by atoms with Crippen LogP contribution in [0.25, 0.3) is 16.9 Å². The second-order valence-electron chi connectivity index (χ2n) is 5.42. The average molecular weight is 281 g/mol. The molecule has 0 atom stereocenters. The molecule has 3 rings (SSSR count). The van der Waals surface area contributed by atoms with Crippen LogP contribution in [0.4, 0.5) is 5.82 Å². The molecule has 2 heterocycles. The number of rotatable bonds is 3. The zero-order valence-corrected chi connectivity index (χ0v) is 12.5. The molecule has 0 saturated carbocycles. The van der Waals surface area contributed by atoms with Crippen molar-refractivity contribution < 1.29 is 4.74 Å². The molecule has 0 amide bonds. The Kier molecular flexibility index (Phi) is 3.29. The highest BCUT2D eigenvalue weighted by atomic mass is 16.5. The van der Waals surface area contributed by atoms with Crippen LogP contribution in [-0.2, 0) is 0 Å². The van der Waals surface area contributed by atoms with E-state index in [1.807, 2.05) is 67.8 Å². The third-order valence-electron chi connectivity index (χ3n) is 3.38. The van der Waals surface area contributed by atoms with Crippen molar-refractivity contribution in [1.82, 2.24) is 9.38 Å². The summed E-state index contributed by atoms with van der Waals surface area (Å²) in [5.41, 5.74) is 10.0. The van der Waals surface area contributed by atoms with Crippen molar-refractivity contribution in [2.24, 2.45) is 0 Å². The minimum absolute atomic E-state index is 0.166. The lowest BCUT2D eigenvalue weighted by Crippen LogP contribution is -2.05. The van der Waals surface area contributed by atoms with Gasteiger partial charge in [-0.1, -0.05) is 6.07 Å². The largest absolute Gasteiger partial charge is 0.491 e. The number of nitrogens with two attached hydrogens (primary N) is 1. The Morgan fingerprint density at radius 1 is 1.14 bits per heavy atom. The van der Waals surface area contributed by atoms with E-state index < -0.39 is 0 Å². The van der Waals surface area contributed by atoms with Gasteiger partial charge in [0.05, 0.1) is 6.10 Å². The van der Waals surface area contributed by atoms with E-state index in [1.54, 1.807) is 0 Å². The maximum absolute atomic E-state index is 6.23. The summed E-state index contributed by atoms with van der Waals surface area (Å²) in [7, 11) is 0. The molecule has 0 unspecified atom stereocenters. The summed E-state index contributed by atoms with van der Waals surface area (Å²) in [6.45, 7) is 6.05. The molecule has 2 N–H and O–H groups in total. The van der Waals surface area contributed by atoms with E-state index in [1.165, 1.54) is 0 Å². The molecule has 0 aliphatic rings. The fourth-order valence-corrected chi connectivity index (χ4v) is 2.40. The number of anilines is 1. The Balaban J connectivity index is 2.04. The van der Waals surface area contributed by atoms with Crippen LogP contribution in [0, 0.1) is 6.92 Å². The first-order valence-electron chi connectivity index (χ1n) is 7.06. The summed E-state index contributed by atoms with van der Waals surface area (Å²) < 4.78 is 7.58. The predicted octanol–water partition coefficient (Wildman–Crippen LogP) is 3.68. The van der Waals surface area contributed by atoms with Gasteiger partial charge in [0.25, 0.3) is 0 Å². The van der Waals surface area contributed by atoms with Gasteiger partial charge in [-0.25, -0.2) is 4.98 Å². The van der Waals surface area contributed by atoms with Crippen molar-refractivity contribution in [3.8, 4) is 17.0 Å². The van der Waals surface area contributed by atoms with Crippen LogP contribution in [0.5, 0.6) is 5.75 Å². The Morgan fingerprint density at radius 2 is 1.86 bits per heavy atom. The normalized spacial score (nSPS) is 11.2. The lowest BCUT2D eigenvalue weighted by atomic mass is 10.1. The number of imidazole rings is 1. The lowest BCUT2D eigenvalue weighted by molar-refractivity contribution is 0.242. The molecule has 0 aliphatic carbocycles. The van der Waals surface area contributed by atoms with E-state index in [0.717, 1.165) is 28.2 Å². The van der Waals surface area contributed by atoms with Gasteiger partial charge in [0.15, 0.2) is 0 Å². The number of nitrogen functional groups attached to an aromatic ring is 1. The maximum Gasteiger partial charge on any atom is 0.142 e. The van der Waals surface area contributed by atoms with Crippen molar-refractivity contribution in [1.29, 1.82) is 0 Å². The molecule has 0 bridgehead atoms. The number of ether oxygens (including phenoxy) is 1. The topological polar surface area (TPSA) is 52.5 Å². The fourth-order valence-electron chi connectivity index (χ4n) is 2.40. The minimum atomic E-state index is 0.166. The van der Waals surface area contributed by atoms with Gasteiger partial charge in [-0.2, -0.15) is 0 Å². The van der Waals surface area contributed by atoms with Crippen LogP contribution in [-0.4, -0.2) is 15.5 Å². The van der Waals surface area contributed by atoms with Gasteiger partial charge in [0.2, 0.25) is 0 Å². The van der Waals surface area contributed by atoms with Crippen molar-refractivity contribution >= 4 is 11.5 Å². The fraction of sp³-hybridized carbons (Fsp3) is 0.235. The van der Waals surface area contributed by atoms with Gasteiger partial charge in [-0.05, 0) is 56.7 Å². The summed E-state index contributed by atoms with van der Waals surface area (Å²) >= 11 is 0. The van der Waals surface area contributed by atoms with E-state index in [2.05, 4.69) is 4.98 Å². The summed E-state index contributed by atoms with van der Waals surface area (Å²) in [6, 6.07) is 11.9. The number of nitrogens with zero attached hydrogens (tertiary/aromatic N) is 2. The standard InChI is InChI=1S/C17H19N3O/c1-11(2)21-14-8-6-13(7-9-14)15-16(18)20-10-4-5-12(3)17(20)19-15/h4-11H,18H2,1-3H3. The Morgan fingerprint density at radius 3 is 2.48 bits per heavy atom. The van der Waals surface area contributed by atoms with Crippen LogP contribution in [0.15, 0.2) is 42.6 Å². The van der Waals surface area contributed by atoms with Crippen molar-refractivity contribution in [2.45, 2.75) is 26.9 Å². The zero-order valence-electron chi connectivity index (χ0n) is 12.5. The lowest BCUT2D eigenvalue weighted by Gasteiger charge is -2.09. The van der Waals surface area contributed by atoms with Gasteiger partial charge in [-0.3, -0.25) is 4.40 Å². The number of benzene rings is 1. The second-order valence-corrected chi connectivity index (χ2v) is 5.42. The predicted molar refractivity (Wildman–Crippen MR) is 85.5 cm³/mol. The second kappa shape index (κ2) is 5.13. The van der Waals surface area contributed by atoms with Gasteiger partial charge in [0, 0.05) is 11.8 Å². The van der Waals surface area contributed by atoms with Crippen LogP contribution in [0.1, 0.15) is 19.4 Å². The molecule has 3 aromatic rings. The molecule has 0 saturated heterocycles. The summed E-state index contributed by atoms with van der Waals surface area (Å²) in [5, 5.41) is 0. The summed E-state index contributed by atoms with van der Waals surface area (Å²) in [5.74, 6) is 1.51. The minimum Gasteiger partial charge on any atom is -0.491 e. The van der Waals surface area contributed by atoms with Crippen LogP contribution in [0.3, 0.4) is 0 Å². The van der Waals surface area contributed by atoms with Crippen molar-refractivity contribution in [2.75, 3.05) is 5.73 Å². The van der Waals surface area contributed by atoms with Gasteiger partial charge >= 0.3 is 0 Å². The smallest absolute Gasteiger partial charge is 0.142 e. The van der Waals surface area contributed by atoms with Gasteiger partial charge < -0.3 is 10.5 Å².